The maximum Gasteiger partial charge on any atom is 0.258 e. The zero-order valence-electron chi connectivity index (χ0n) is 22.8. The van der Waals surface area contributed by atoms with Gasteiger partial charge in [-0.3, -0.25) is 4.79 Å². The Bertz CT molecular complexity index is 1510. The maximum atomic E-state index is 14.0. The predicted octanol–water partition coefficient (Wildman–Crippen LogP) is 3.66. The summed E-state index contributed by atoms with van der Waals surface area (Å²) in [6, 6.07) is 13.0. The highest BCUT2D eigenvalue weighted by Gasteiger charge is 2.35. The van der Waals surface area contributed by atoms with E-state index in [0.717, 1.165) is 5.56 Å². The van der Waals surface area contributed by atoms with Crippen LogP contribution in [-0.4, -0.2) is 40.1 Å². The number of allylic oxidation sites excluding steroid dienone is 1. The number of methoxy groups -OCH3 is 5. The van der Waals surface area contributed by atoms with Crippen LogP contribution in [0.2, 0.25) is 0 Å². The summed E-state index contributed by atoms with van der Waals surface area (Å²) in [5.41, 5.74) is 8.53. The Morgan fingerprint density at radius 1 is 0.923 bits per heavy atom. The largest absolute Gasteiger partial charge is 0.493 e. The number of aryl methyl sites for hydroxylation is 2. The summed E-state index contributed by atoms with van der Waals surface area (Å²) in [5, 5.41) is 10.0. The first-order chi connectivity index (χ1) is 18.8. The maximum absolute atomic E-state index is 14.0. The number of nitrogens with zero attached hydrogens (tertiary/aromatic N) is 2. The molecule has 0 radical (unpaired) electrons. The predicted molar refractivity (Wildman–Crippen MR) is 144 cm³/mol. The van der Waals surface area contributed by atoms with Gasteiger partial charge in [0.1, 0.15) is 17.4 Å². The molecule has 0 bridgehead atoms. The minimum Gasteiger partial charge on any atom is -0.493 e. The monoisotopic (exact) mass is 533 g/mol. The fourth-order valence-corrected chi connectivity index (χ4v) is 4.84. The average molecular weight is 534 g/mol. The van der Waals surface area contributed by atoms with E-state index in [4.69, 9.17) is 34.2 Å². The van der Waals surface area contributed by atoms with Gasteiger partial charge in [-0.1, -0.05) is 6.07 Å². The van der Waals surface area contributed by atoms with Gasteiger partial charge < -0.3 is 38.7 Å². The SMILES string of the molecule is COc1ccc(CCn2c(C)cc3c(c2=O)C(c2cc(OC)c(OC)c(OC)c2)C(C#N)=C(N)O3)cc1OC. The third kappa shape index (κ3) is 4.91. The number of ether oxygens (including phenoxy) is 6. The molecule has 2 heterocycles. The van der Waals surface area contributed by atoms with Crippen LogP contribution in [0.4, 0.5) is 0 Å². The molecule has 0 saturated carbocycles. The van der Waals surface area contributed by atoms with Crippen LogP contribution >= 0.6 is 0 Å². The molecule has 1 aliphatic rings. The summed E-state index contributed by atoms with van der Waals surface area (Å²) in [7, 11) is 7.66. The van der Waals surface area contributed by atoms with Crippen LogP contribution in [-0.2, 0) is 13.0 Å². The second-order valence-electron chi connectivity index (χ2n) is 8.84. The molecule has 1 unspecified atom stereocenters. The van der Waals surface area contributed by atoms with Crippen LogP contribution < -0.4 is 39.7 Å². The topological polar surface area (TPSA) is 127 Å². The minimum absolute atomic E-state index is 0.0642. The first kappa shape index (κ1) is 27.3. The van der Waals surface area contributed by atoms with Gasteiger partial charge in [-0.25, -0.2) is 0 Å². The second-order valence-corrected chi connectivity index (χ2v) is 8.84. The molecule has 10 nitrogen and oxygen atoms in total. The van der Waals surface area contributed by atoms with Crippen LogP contribution in [0, 0.1) is 18.3 Å². The van der Waals surface area contributed by atoms with E-state index in [-0.39, 0.29) is 17.0 Å². The van der Waals surface area contributed by atoms with Crippen LogP contribution in [0.15, 0.2) is 52.6 Å². The Labute approximate surface area is 226 Å². The molecule has 1 aromatic heterocycles. The fraction of sp³-hybridized carbons (Fsp3) is 0.310. The molecule has 0 spiro atoms. The minimum atomic E-state index is -0.812. The van der Waals surface area contributed by atoms with Gasteiger partial charge in [0.25, 0.3) is 5.56 Å². The van der Waals surface area contributed by atoms with Crippen LogP contribution in [0.5, 0.6) is 34.5 Å². The molecule has 4 rings (SSSR count). The van der Waals surface area contributed by atoms with Gasteiger partial charge in [-0.15, -0.1) is 0 Å². The van der Waals surface area contributed by atoms with Gasteiger partial charge in [0.2, 0.25) is 11.6 Å². The van der Waals surface area contributed by atoms with Gasteiger partial charge in [0.05, 0.1) is 47.0 Å². The Kier molecular flexibility index (Phi) is 7.91. The molecule has 3 aromatic rings. The highest BCUT2D eigenvalue weighted by atomic mass is 16.5. The molecule has 0 fully saturated rings. The Hall–Kier alpha value is -4.78. The van der Waals surface area contributed by atoms with E-state index in [1.807, 2.05) is 25.1 Å². The molecule has 39 heavy (non-hydrogen) atoms. The number of nitrogens with two attached hydrogens (primary N) is 1. The molecule has 2 N–H and O–H groups in total. The average Bonchev–Trinajstić information content (AvgIpc) is 2.95. The van der Waals surface area contributed by atoms with Crippen molar-refractivity contribution >= 4 is 0 Å². The van der Waals surface area contributed by atoms with Crippen molar-refractivity contribution < 1.29 is 28.4 Å². The van der Waals surface area contributed by atoms with E-state index in [1.54, 1.807) is 37.0 Å². The Balaban J connectivity index is 1.84. The van der Waals surface area contributed by atoms with Crippen molar-refractivity contribution in [2.24, 2.45) is 5.73 Å². The molecule has 0 amide bonds. The number of pyridine rings is 1. The fourth-order valence-electron chi connectivity index (χ4n) is 4.84. The van der Waals surface area contributed by atoms with Crippen LogP contribution in [0.25, 0.3) is 0 Å². The summed E-state index contributed by atoms with van der Waals surface area (Å²) >= 11 is 0. The molecule has 1 atom stereocenters. The summed E-state index contributed by atoms with van der Waals surface area (Å²) in [6.45, 7) is 2.21. The van der Waals surface area contributed by atoms with E-state index >= 15 is 0 Å². The van der Waals surface area contributed by atoms with Gasteiger partial charge in [0.15, 0.2) is 23.0 Å². The highest BCUT2D eigenvalue weighted by Crippen LogP contribution is 2.46. The molecular formula is C29H31N3O7. The van der Waals surface area contributed by atoms with Crippen molar-refractivity contribution in [1.82, 2.24) is 4.57 Å². The van der Waals surface area contributed by atoms with E-state index in [0.29, 0.717) is 64.3 Å². The van der Waals surface area contributed by atoms with Gasteiger partial charge in [0, 0.05) is 18.3 Å². The molecule has 0 aliphatic carbocycles. The lowest BCUT2D eigenvalue weighted by Gasteiger charge is -2.28. The summed E-state index contributed by atoms with van der Waals surface area (Å²) in [4.78, 5) is 14.0. The summed E-state index contributed by atoms with van der Waals surface area (Å²) < 4.78 is 34.7. The molecule has 1 aliphatic heterocycles. The van der Waals surface area contributed by atoms with Crippen molar-refractivity contribution in [3.63, 3.8) is 0 Å². The highest BCUT2D eigenvalue weighted by molar-refractivity contribution is 5.61. The number of rotatable bonds is 9. The normalized spacial score (nSPS) is 14.1. The van der Waals surface area contributed by atoms with E-state index in [9.17, 15) is 10.1 Å². The van der Waals surface area contributed by atoms with Crippen molar-refractivity contribution in [3.8, 4) is 40.6 Å². The lowest BCUT2D eigenvalue weighted by molar-refractivity contribution is 0.323. The Morgan fingerprint density at radius 3 is 2.13 bits per heavy atom. The number of benzene rings is 2. The zero-order chi connectivity index (χ0) is 28.3. The smallest absolute Gasteiger partial charge is 0.258 e. The molecular weight excluding hydrogens is 502 g/mol. The second kappa shape index (κ2) is 11.3. The number of nitriles is 1. The number of hydrogen-bond donors (Lipinski definition) is 1. The van der Waals surface area contributed by atoms with Gasteiger partial charge in [-0.2, -0.15) is 5.26 Å². The molecule has 0 saturated heterocycles. The number of hydrogen-bond acceptors (Lipinski definition) is 9. The van der Waals surface area contributed by atoms with Crippen molar-refractivity contribution in [3.05, 3.63) is 80.6 Å². The lowest BCUT2D eigenvalue weighted by Crippen LogP contribution is -2.33. The molecule has 204 valence electrons. The van der Waals surface area contributed by atoms with Crippen molar-refractivity contribution in [1.29, 1.82) is 5.26 Å². The van der Waals surface area contributed by atoms with E-state index in [1.165, 1.54) is 21.3 Å². The standard InChI is InChI=1S/C29H31N3O7/c1-16-11-22-26(29(33)32(16)10-9-17-7-8-20(34-2)21(12-17)35-3)25(19(15-30)28(31)39-22)18-13-23(36-4)27(38-6)24(14-18)37-5/h7-8,11-14,25H,9-10,31H2,1-6H3. The summed E-state index contributed by atoms with van der Waals surface area (Å²) in [6.07, 6.45) is 0.554. The van der Waals surface area contributed by atoms with Gasteiger partial charge >= 0.3 is 0 Å². The van der Waals surface area contributed by atoms with Crippen molar-refractivity contribution in [2.75, 3.05) is 35.5 Å². The molecule has 10 heteroatoms. The zero-order valence-corrected chi connectivity index (χ0v) is 22.8. The third-order valence-electron chi connectivity index (χ3n) is 6.78. The summed E-state index contributed by atoms with van der Waals surface area (Å²) in [5.74, 6) is 1.83. The number of fused-ring (bicyclic) bond motifs is 1. The third-order valence-corrected chi connectivity index (χ3v) is 6.78. The quantitative estimate of drug-likeness (QED) is 0.438. The van der Waals surface area contributed by atoms with Crippen LogP contribution in [0.1, 0.15) is 28.3 Å². The van der Waals surface area contributed by atoms with Gasteiger partial charge in [-0.05, 0) is 48.7 Å². The van der Waals surface area contributed by atoms with Crippen molar-refractivity contribution in [2.45, 2.75) is 25.8 Å². The first-order valence-corrected chi connectivity index (χ1v) is 12.1. The number of aromatic nitrogens is 1. The molecule has 2 aromatic carbocycles. The first-order valence-electron chi connectivity index (χ1n) is 12.1. The van der Waals surface area contributed by atoms with E-state index in [2.05, 4.69) is 6.07 Å². The van der Waals surface area contributed by atoms with E-state index < -0.39 is 5.92 Å². The Morgan fingerprint density at radius 2 is 1.56 bits per heavy atom. The van der Waals surface area contributed by atoms with Crippen LogP contribution in [0.3, 0.4) is 0 Å². The lowest BCUT2D eigenvalue weighted by atomic mass is 9.83.